The van der Waals surface area contributed by atoms with Gasteiger partial charge in [-0.15, -0.1) is 0 Å². The Morgan fingerprint density at radius 2 is 1.82 bits per heavy atom. The van der Waals surface area contributed by atoms with Crippen molar-refractivity contribution in [2.75, 3.05) is 24.5 Å². The van der Waals surface area contributed by atoms with Crippen molar-refractivity contribution in [3.05, 3.63) is 53.0 Å². The minimum atomic E-state index is 0.289. The van der Waals surface area contributed by atoms with E-state index in [0.717, 1.165) is 44.3 Å². The maximum atomic E-state index is 10.0. The summed E-state index contributed by atoms with van der Waals surface area (Å²) in [6.07, 6.45) is 13.1. The van der Waals surface area contributed by atoms with Crippen LogP contribution in [0.3, 0.4) is 0 Å². The summed E-state index contributed by atoms with van der Waals surface area (Å²) in [5.74, 6) is 0.289. The Bertz CT molecular complexity index is 1190. The maximum absolute atomic E-state index is 10.0. The Morgan fingerprint density at radius 1 is 1.08 bits per heavy atom. The molecule has 0 unspecified atom stereocenters. The molecule has 1 N–H and O–H groups in total. The summed E-state index contributed by atoms with van der Waals surface area (Å²) in [6.45, 7) is 15.8. The number of ketones is 1. The highest BCUT2D eigenvalue weighted by Gasteiger charge is 2.45. The zero-order valence-electron chi connectivity index (χ0n) is 24.9. The lowest BCUT2D eigenvalue weighted by atomic mass is 10.0. The van der Waals surface area contributed by atoms with Crippen molar-refractivity contribution < 1.29 is 4.79 Å². The molecule has 2 aromatic heterocycles. The van der Waals surface area contributed by atoms with Crippen LogP contribution in [0.5, 0.6) is 0 Å². The molecule has 208 valence electrons. The van der Waals surface area contributed by atoms with Gasteiger partial charge in [0.2, 0.25) is 0 Å². The van der Waals surface area contributed by atoms with Crippen molar-refractivity contribution >= 4 is 22.4 Å². The Labute approximate surface area is 230 Å². The van der Waals surface area contributed by atoms with Crippen molar-refractivity contribution in [3.8, 4) is 0 Å². The van der Waals surface area contributed by atoms with Crippen molar-refractivity contribution in [1.29, 1.82) is 0 Å². The molecule has 0 atom stereocenters. The van der Waals surface area contributed by atoms with Crippen molar-refractivity contribution in [2.24, 2.45) is 7.05 Å². The Balaban J connectivity index is 0.000000178. The first-order chi connectivity index (χ1) is 18.2. The first kappa shape index (κ1) is 29.8. The average molecular weight is 520 g/mol. The van der Waals surface area contributed by atoms with Gasteiger partial charge >= 0.3 is 0 Å². The topological polar surface area (TPSA) is 63.1 Å². The predicted octanol–water partition coefficient (Wildman–Crippen LogP) is 6.49. The number of fused-ring (bicyclic) bond motifs is 1. The standard InChI is InChI=1S/C15H23N3.C12H16N2.C5H10O/c1-3-4-13-12(2)16-8-5-14(13)18-10-9-17-15(11-18)6-7-15;1-4-5-10-6-9(2)12-11(7-10)8-14(3)13-12;1-3-4-5(2)6/h5,8,17H,3-4,6-7,9-11H2,1-2H3;6-8H,4-5H2,1-3H3;3-4H2,1-2H3. The van der Waals surface area contributed by atoms with Gasteiger partial charge in [-0.05, 0) is 81.7 Å². The molecule has 1 spiro atoms. The SMILES string of the molecule is CCCC(C)=O.CCCc1c(N2CCNC3(CC3)C2)ccnc1C.CCCc1cc(C)c2nn(C)cc2c1. The molecule has 3 heterocycles. The van der Waals surface area contributed by atoms with E-state index in [9.17, 15) is 4.79 Å². The molecule has 1 saturated heterocycles. The summed E-state index contributed by atoms with van der Waals surface area (Å²) in [5, 5.41) is 9.37. The third-order valence-electron chi connectivity index (χ3n) is 7.43. The van der Waals surface area contributed by atoms with Gasteiger partial charge in [0, 0.05) is 67.8 Å². The highest BCUT2D eigenvalue weighted by atomic mass is 16.1. The Kier molecular flexibility index (Phi) is 10.9. The van der Waals surface area contributed by atoms with E-state index in [0.29, 0.717) is 5.54 Å². The van der Waals surface area contributed by atoms with Crippen LogP contribution in [0.1, 0.15) is 88.6 Å². The van der Waals surface area contributed by atoms with E-state index in [2.05, 4.69) is 72.4 Å². The molecule has 1 aromatic carbocycles. The molecule has 1 saturated carbocycles. The molecule has 6 heteroatoms. The number of nitrogens with zero attached hydrogens (tertiary/aromatic N) is 4. The number of aryl methyl sites for hydroxylation is 4. The number of hydrogen-bond acceptors (Lipinski definition) is 5. The number of pyridine rings is 1. The zero-order valence-corrected chi connectivity index (χ0v) is 24.9. The molecule has 0 amide bonds. The van der Waals surface area contributed by atoms with E-state index < -0.39 is 0 Å². The molecule has 1 aliphatic heterocycles. The summed E-state index contributed by atoms with van der Waals surface area (Å²) in [6, 6.07) is 6.71. The van der Waals surface area contributed by atoms with E-state index in [4.69, 9.17) is 0 Å². The van der Waals surface area contributed by atoms with Crippen molar-refractivity contribution in [1.82, 2.24) is 20.1 Å². The van der Waals surface area contributed by atoms with Gasteiger partial charge in [-0.1, -0.05) is 39.7 Å². The van der Waals surface area contributed by atoms with Gasteiger partial charge in [0.15, 0.2) is 0 Å². The van der Waals surface area contributed by atoms with Gasteiger partial charge in [-0.25, -0.2) is 0 Å². The normalized spacial score (nSPS) is 15.5. The molecule has 2 aliphatic rings. The summed E-state index contributed by atoms with van der Waals surface area (Å²) in [4.78, 5) is 17.1. The van der Waals surface area contributed by atoms with Gasteiger partial charge in [-0.2, -0.15) is 5.10 Å². The molecule has 0 bridgehead atoms. The number of carbonyl (C=O) groups is 1. The number of Topliss-reactive ketones (excluding diaryl/α,β-unsaturated/α-hetero) is 1. The molecular formula is C32H49N5O. The Hall–Kier alpha value is -2.73. The molecule has 6 nitrogen and oxygen atoms in total. The fourth-order valence-electron chi connectivity index (χ4n) is 5.38. The number of aromatic nitrogens is 3. The number of piperazine rings is 1. The zero-order chi connectivity index (χ0) is 27.7. The molecule has 2 fully saturated rings. The molecule has 5 rings (SSSR count). The van der Waals surface area contributed by atoms with Crippen LogP contribution in [-0.4, -0.2) is 45.7 Å². The highest BCUT2D eigenvalue weighted by molar-refractivity contribution is 5.82. The van der Waals surface area contributed by atoms with Crippen LogP contribution in [0.25, 0.3) is 10.9 Å². The van der Waals surface area contributed by atoms with Crippen LogP contribution in [-0.2, 0) is 24.7 Å². The van der Waals surface area contributed by atoms with Gasteiger partial charge in [-0.3, -0.25) is 9.67 Å². The third-order valence-corrected chi connectivity index (χ3v) is 7.43. The lowest BCUT2D eigenvalue weighted by Crippen LogP contribution is -2.52. The minimum Gasteiger partial charge on any atom is -0.368 e. The summed E-state index contributed by atoms with van der Waals surface area (Å²) >= 11 is 0. The molecule has 1 aliphatic carbocycles. The van der Waals surface area contributed by atoms with Gasteiger partial charge < -0.3 is 15.0 Å². The maximum Gasteiger partial charge on any atom is 0.129 e. The fourth-order valence-corrected chi connectivity index (χ4v) is 5.38. The predicted molar refractivity (Wildman–Crippen MR) is 160 cm³/mol. The van der Waals surface area contributed by atoms with Gasteiger partial charge in [0.1, 0.15) is 5.78 Å². The average Bonchev–Trinajstić information content (AvgIpc) is 3.49. The van der Waals surface area contributed by atoms with E-state index in [1.807, 2.05) is 24.9 Å². The van der Waals surface area contributed by atoms with Crippen LogP contribution >= 0.6 is 0 Å². The van der Waals surface area contributed by atoms with Crippen LogP contribution in [0, 0.1) is 13.8 Å². The van der Waals surface area contributed by atoms with E-state index in [1.165, 1.54) is 65.7 Å². The third kappa shape index (κ3) is 8.13. The molecule has 0 radical (unpaired) electrons. The lowest BCUT2D eigenvalue weighted by Gasteiger charge is -2.37. The number of rotatable bonds is 7. The number of carbonyl (C=O) groups excluding carboxylic acids is 1. The van der Waals surface area contributed by atoms with Gasteiger partial charge in [0.25, 0.3) is 0 Å². The quantitative estimate of drug-likeness (QED) is 0.386. The second kappa shape index (κ2) is 13.9. The fraction of sp³-hybridized carbons (Fsp3) is 0.594. The van der Waals surface area contributed by atoms with E-state index in [1.54, 1.807) is 6.92 Å². The molecule has 3 aromatic rings. The van der Waals surface area contributed by atoms with E-state index in [-0.39, 0.29) is 5.78 Å². The first-order valence-electron chi connectivity index (χ1n) is 14.6. The summed E-state index contributed by atoms with van der Waals surface area (Å²) in [7, 11) is 1.97. The highest BCUT2D eigenvalue weighted by Crippen LogP contribution is 2.39. The van der Waals surface area contributed by atoms with E-state index >= 15 is 0 Å². The number of hydrogen-bond donors (Lipinski definition) is 1. The summed E-state index contributed by atoms with van der Waals surface area (Å²) in [5.41, 5.74) is 8.37. The van der Waals surface area contributed by atoms with Crippen LogP contribution in [0.2, 0.25) is 0 Å². The second-order valence-electron chi connectivity index (χ2n) is 11.1. The van der Waals surface area contributed by atoms with Crippen LogP contribution in [0.15, 0.2) is 30.6 Å². The summed E-state index contributed by atoms with van der Waals surface area (Å²) < 4.78 is 1.88. The number of benzene rings is 1. The Morgan fingerprint density at radius 3 is 2.42 bits per heavy atom. The molecular weight excluding hydrogens is 470 g/mol. The monoisotopic (exact) mass is 519 g/mol. The smallest absolute Gasteiger partial charge is 0.129 e. The van der Waals surface area contributed by atoms with Crippen molar-refractivity contribution in [3.63, 3.8) is 0 Å². The minimum absolute atomic E-state index is 0.289. The number of nitrogens with one attached hydrogen (secondary N) is 1. The molecule has 38 heavy (non-hydrogen) atoms. The van der Waals surface area contributed by atoms with Crippen LogP contribution < -0.4 is 10.2 Å². The van der Waals surface area contributed by atoms with Gasteiger partial charge in [0.05, 0.1) is 5.52 Å². The lowest BCUT2D eigenvalue weighted by molar-refractivity contribution is -0.117. The largest absolute Gasteiger partial charge is 0.368 e. The second-order valence-corrected chi connectivity index (χ2v) is 11.1. The number of anilines is 1. The van der Waals surface area contributed by atoms with Crippen LogP contribution in [0.4, 0.5) is 5.69 Å². The van der Waals surface area contributed by atoms with Crippen molar-refractivity contribution in [2.45, 2.75) is 98.4 Å². The first-order valence-corrected chi connectivity index (χ1v) is 14.6.